The summed E-state index contributed by atoms with van der Waals surface area (Å²) in [5, 5.41) is 42.2. The van der Waals surface area contributed by atoms with Crippen molar-refractivity contribution in [3.63, 3.8) is 0 Å². The predicted molar refractivity (Wildman–Crippen MR) is 107 cm³/mol. The van der Waals surface area contributed by atoms with Crippen molar-refractivity contribution in [2.75, 3.05) is 0 Å². The highest BCUT2D eigenvalue weighted by molar-refractivity contribution is 5.94. The summed E-state index contributed by atoms with van der Waals surface area (Å²) in [5.41, 5.74) is -2.50. The minimum atomic E-state index is -1.71. The van der Waals surface area contributed by atoms with Gasteiger partial charge in [-0.3, -0.25) is 4.79 Å². The Kier molecular flexibility index (Phi) is 4.39. The maximum Gasteiger partial charge on any atom is 0.342 e. The summed E-state index contributed by atoms with van der Waals surface area (Å²) in [4.78, 5) is 24.7. The number of hydrogen-bond acceptors (Lipinski definition) is 7. The lowest BCUT2D eigenvalue weighted by Crippen LogP contribution is -2.74. The minimum absolute atomic E-state index is 0.0412. The molecule has 0 aliphatic heterocycles. The van der Waals surface area contributed by atoms with E-state index in [-0.39, 0.29) is 40.6 Å². The van der Waals surface area contributed by atoms with E-state index in [0.717, 1.165) is 6.07 Å². The number of rotatable bonds is 3. The molecule has 4 N–H and O–H groups in total. The van der Waals surface area contributed by atoms with Crippen molar-refractivity contribution in [3.05, 3.63) is 34.9 Å². The van der Waals surface area contributed by atoms with E-state index < -0.39 is 34.9 Å². The zero-order chi connectivity index (χ0) is 22.2. The van der Waals surface area contributed by atoms with E-state index in [0.29, 0.717) is 18.3 Å². The number of fused-ring (bicyclic) bond motifs is 3. The Bertz CT molecular complexity index is 941. The molecule has 0 bridgehead atoms. The number of aldehydes is 1. The summed E-state index contributed by atoms with van der Waals surface area (Å²) in [5.74, 6) is -1.75. The largest absolute Gasteiger partial charge is 0.508 e. The van der Waals surface area contributed by atoms with Crippen molar-refractivity contribution in [2.24, 2.45) is 22.7 Å². The number of aromatic hydroxyl groups is 2. The standard InChI is InChI=1S/C23H28O7/c1-11-5-14(25)7-15(26)17(11)20(28)30-16-9-22(4)18-12(8-21(2,3)19(18)27)6-13(10-24)23(16,22)29/h5-7,10,12,16,18-19,25-27,29H,8-9H2,1-4H3/t12-,16-,18-,19-,22-,23-/m1/s1. The van der Waals surface area contributed by atoms with Gasteiger partial charge in [0.05, 0.1) is 6.10 Å². The smallest absolute Gasteiger partial charge is 0.342 e. The molecule has 3 aliphatic rings. The molecule has 4 rings (SSSR count). The second-order valence-electron chi connectivity index (χ2n) is 10.0. The van der Waals surface area contributed by atoms with Crippen LogP contribution in [0.2, 0.25) is 0 Å². The van der Waals surface area contributed by atoms with Crippen LogP contribution in [0.25, 0.3) is 0 Å². The van der Waals surface area contributed by atoms with Crippen LogP contribution in [0.5, 0.6) is 11.5 Å². The lowest BCUT2D eigenvalue weighted by molar-refractivity contribution is -0.257. The molecule has 162 valence electrons. The molecule has 0 radical (unpaired) electrons. The van der Waals surface area contributed by atoms with Crippen LogP contribution >= 0.6 is 0 Å². The molecule has 7 nitrogen and oxygen atoms in total. The highest BCUT2D eigenvalue weighted by Gasteiger charge is 2.74. The van der Waals surface area contributed by atoms with Crippen LogP contribution < -0.4 is 0 Å². The molecule has 7 heteroatoms. The van der Waals surface area contributed by atoms with Crippen LogP contribution in [0.3, 0.4) is 0 Å². The Balaban J connectivity index is 1.68. The van der Waals surface area contributed by atoms with Crippen molar-refractivity contribution < 1.29 is 34.8 Å². The summed E-state index contributed by atoms with van der Waals surface area (Å²) < 4.78 is 5.57. The second kappa shape index (κ2) is 6.31. The molecule has 1 aromatic rings. The third-order valence-electron chi connectivity index (χ3n) is 7.76. The van der Waals surface area contributed by atoms with Gasteiger partial charge in [-0.15, -0.1) is 0 Å². The monoisotopic (exact) mass is 416 g/mol. The molecule has 0 aromatic heterocycles. The van der Waals surface area contributed by atoms with Crippen LogP contribution in [0, 0.1) is 29.6 Å². The summed E-state index contributed by atoms with van der Waals surface area (Å²) in [6, 6.07) is 2.37. The first kappa shape index (κ1) is 20.9. The zero-order valence-electron chi connectivity index (χ0n) is 17.5. The Labute approximate surface area is 175 Å². The fourth-order valence-electron chi connectivity index (χ4n) is 6.21. The van der Waals surface area contributed by atoms with E-state index in [9.17, 15) is 30.0 Å². The number of hydrogen-bond donors (Lipinski definition) is 4. The van der Waals surface area contributed by atoms with Crippen molar-refractivity contribution in [2.45, 2.75) is 58.3 Å². The van der Waals surface area contributed by atoms with Gasteiger partial charge in [-0.2, -0.15) is 0 Å². The Morgan fingerprint density at radius 1 is 1.20 bits per heavy atom. The van der Waals surface area contributed by atoms with Crippen LogP contribution in [0.1, 0.15) is 49.5 Å². The number of ether oxygens (including phenoxy) is 1. The van der Waals surface area contributed by atoms with E-state index in [1.165, 1.54) is 6.07 Å². The number of aliphatic hydroxyl groups is 2. The van der Waals surface area contributed by atoms with Crippen molar-refractivity contribution >= 4 is 12.3 Å². The van der Waals surface area contributed by atoms with Gasteiger partial charge in [0.2, 0.25) is 0 Å². The fraction of sp³-hybridized carbons (Fsp3) is 0.565. The summed E-state index contributed by atoms with van der Waals surface area (Å²) in [6.45, 7) is 7.33. The number of phenolic OH excluding ortho intramolecular Hbond substituents is 2. The topological polar surface area (TPSA) is 124 Å². The zero-order valence-corrected chi connectivity index (χ0v) is 17.5. The van der Waals surface area contributed by atoms with Crippen molar-refractivity contribution in [1.29, 1.82) is 0 Å². The molecule has 3 aliphatic carbocycles. The second-order valence-corrected chi connectivity index (χ2v) is 10.0. The van der Waals surface area contributed by atoms with Gasteiger partial charge in [0.25, 0.3) is 0 Å². The summed E-state index contributed by atoms with van der Waals surface area (Å²) in [6.07, 6.45) is 1.66. The highest BCUT2D eigenvalue weighted by Crippen LogP contribution is 2.68. The van der Waals surface area contributed by atoms with Gasteiger partial charge in [0.15, 0.2) is 0 Å². The molecular formula is C23H28O7. The first-order valence-corrected chi connectivity index (χ1v) is 10.2. The number of phenols is 2. The Hall–Kier alpha value is -2.38. The molecule has 0 unspecified atom stereocenters. The molecule has 2 saturated carbocycles. The SMILES string of the molecule is Cc1cc(O)cc(O)c1C(=O)O[C@@H]1C[C@]2(C)[C@@H]3[C@H](C=C(C=O)[C@@]12O)CC(C)(C)[C@@H]3O. The lowest BCUT2D eigenvalue weighted by atomic mass is 9.44. The molecule has 6 atom stereocenters. The van der Waals surface area contributed by atoms with Gasteiger partial charge >= 0.3 is 5.97 Å². The van der Waals surface area contributed by atoms with Gasteiger partial charge in [-0.25, -0.2) is 4.79 Å². The summed E-state index contributed by atoms with van der Waals surface area (Å²) >= 11 is 0. The molecule has 1 aromatic carbocycles. The summed E-state index contributed by atoms with van der Waals surface area (Å²) in [7, 11) is 0. The number of carbonyl (C=O) groups is 2. The Morgan fingerprint density at radius 3 is 2.47 bits per heavy atom. The predicted octanol–water partition coefficient (Wildman–Crippen LogP) is 2.23. The van der Waals surface area contributed by atoms with E-state index in [1.807, 2.05) is 20.8 Å². The number of allylic oxidation sites excluding steroid dienone is 1. The van der Waals surface area contributed by atoms with Gasteiger partial charge in [-0.05, 0) is 42.7 Å². The molecule has 0 amide bonds. The third-order valence-corrected chi connectivity index (χ3v) is 7.76. The van der Waals surface area contributed by atoms with Crippen LogP contribution in [-0.4, -0.2) is 50.5 Å². The van der Waals surface area contributed by atoms with Crippen LogP contribution in [0.4, 0.5) is 0 Å². The van der Waals surface area contributed by atoms with Crippen molar-refractivity contribution in [3.8, 4) is 11.5 Å². The number of carbonyl (C=O) groups excluding carboxylic acids is 2. The number of benzene rings is 1. The molecule has 30 heavy (non-hydrogen) atoms. The van der Waals surface area contributed by atoms with Gasteiger partial charge in [0, 0.05) is 23.0 Å². The van der Waals surface area contributed by atoms with E-state index in [1.54, 1.807) is 13.0 Å². The number of aryl methyl sites for hydroxylation is 1. The Morgan fingerprint density at radius 2 is 1.87 bits per heavy atom. The first-order chi connectivity index (χ1) is 13.9. The highest BCUT2D eigenvalue weighted by atomic mass is 16.6. The molecular weight excluding hydrogens is 388 g/mol. The van der Waals surface area contributed by atoms with Gasteiger partial charge in [0.1, 0.15) is 35.1 Å². The van der Waals surface area contributed by atoms with E-state index in [2.05, 4.69) is 0 Å². The maximum absolute atomic E-state index is 12.8. The number of aliphatic hydroxyl groups excluding tert-OH is 1. The maximum atomic E-state index is 12.8. The van der Waals surface area contributed by atoms with Gasteiger partial charge in [-0.1, -0.05) is 26.8 Å². The van der Waals surface area contributed by atoms with E-state index in [4.69, 9.17) is 4.74 Å². The number of esters is 1. The normalized spacial score (nSPS) is 38.7. The fourth-order valence-corrected chi connectivity index (χ4v) is 6.21. The first-order valence-electron chi connectivity index (χ1n) is 10.2. The van der Waals surface area contributed by atoms with Gasteiger partial charge < -0.3 is 25.2 Å². The minimum Gasteiger partial charge on any atom is -0.508 e. The van der Waals surface area contributed by atoms with Crippen LogP contribution in [-0.2, 0) is 9.53 Å². The average molecular weight is 416 g/mol. The molecule has 0 saturated heterocycles. The molecule has 0 spiro atoms. The molecule has 2 fully saturated rings. The molecule has 0 heterocycles. The lowest BCUT2D eigenvalue weighted by Gasteiger charge is -2.64. The quantitative estimate of drug-likeness (QED) is 0.440. The van der Waals surface area contributed by atoms with E-state index >= 15 is 0 Å². The van der Waals surface area contributed by atoms with Crippen molar-refractivity contribution in [1.82, 2.24) is 0 Å². The average Bonchev–Trinajstić information content (AvgIpc) is 2.86. The van der Waals surface area contributed by atoms with Crippen LogP contribution in [0.15, 0.2) is 23.8 Å². The third kappa shape index (κ3) is 2.51.